The van der Waals surface area contributed by atoms with Crippen molar-refractivity contribution >= 4 is 27.5 Å². The van der Waals surface area contributed by atoms with Crippen LogP contribution < -0.4 is 10.1 Å². The smallest absolute Gasteiger partial charge is 0.227 e. The maximum Gasteiger partial charge on any atom is 0.227 e. The number of carbonyl (C=O) groups is 1. The number of nitrogens with one attached hydrogen (secondary N) is 1. The molecule has 0 aromatic heterocycles. The zero-order valence-corrected chi connectivity index (χ0v) is 16.7. The Labute approximate surface area is 154 Å². The Morgan fingerprint density at radius 3 is 2.62 bits per heavy atom. The van der Waals surface area contributed by atoms with Crippen molar-refractivity contribution in [1.29, 1.82) is 0 Å². The summed E-state index contributed by atoms with van der Waals surface area (Å²) in [7, 11) is 0. The molecular formula is C20H30BrNO2. The minimum Gasteiger partial charge on any atom is -0.492 e. The monoisotopic (exact) mass is 395 g/mol. The summed E-state index contributed by atoms with van der Waals surface area (Å²) in [5, 5.41) is 3.09. The highest BCUT2D eigenvalue weighted by atomic mass is 79.9. The van der Waals surface area contributed by atoms with Crippen molar-refractivity contribution in [3.05, 3.63) is 23.8 Å². The number of rotatable bonds is 7. The van der Waals surface area contributed by atoms with Crippen molar-refractivity contribution in [2.75, 3.05) is 11.9 Å². The number of halogens is 1. The minimum absolute atomic E-state index is 0.143. The van der Waals surface area contributed by atoms with Crippen molar-refractivity contribution in [3.63, 3.8) is 0 Å². The Morgan fingerprint density at radius 1 is 1.29 bits per heavy atom. The molecule has 3 nitrogen and oxygen atoms in total. The number of benzene rings is 1. The maximum absolute atomic E-state index is 12.5. The van der Waals surface area contributed by atoms with Gasteiger partial charge in [-0.15, -0.1) is 0 Å². The lowest BCUT2D eigenvalue weighted by Gasteiger charge is -2.22. The van der Waals surface area contributed by atoms with Crippen LogP contribution >= 0.6 is 15.9 Å². The number of alkyl halides is 1. The summed E-state index contributed by atoms with van der Waals surface area (Å²) < 4.78 is 5.78. The first-order valence-corrected chi connectivity index (χ1v) is 10.1. The number of ether oxygens (including phenoxy) is 1. The van der Waals surface area contributed by atoms with Crippen LogP contribution in [0, 0.1) is 11.8 Å². The number of hydrogen-bond acceptors (Lipinski definition) is 2. The molecule has 1 amide bonds. The minimum atomic E-state index is 0.143. The Bertz CT molecular complexity index is 538. The first-order valence-electron chi connectivity index (χ1n) is 9.22. The van der Waals surface area contributed by atoms with Crippen LogP contribution in [0.15, 0.2) is 18.2 Å². The van der Waals surface area contributed by atoms with Crippen molar-refractivity contribution < 1.29 is 9.53 Å². The molecule has 1 atom stereocenters. The standard InChI is InChI=1S/C20H30BrNO2/c1-4-24-19-13-15(12-17(21)14(2)3)10-11-18(19)22-20(23)16-8-6-5-7-9-16/h10-11,13-14,16-17H,4-9,12H2,1-3H3,(H,22,23). The van der Waals surface area contributed by atoms with Gasteiger partial charge in [0.05, 0.1) is 12.3 Å². The van der Waals surface area contributed by atoms with Gasteiger partial charge in [0, 0.05) is 10.7 Å². The molecule has 1 N–H and O–H groups in total. The van der Waals surface area contributed by atoms with Crippen LogP contribution in [0.2, 0.25) is 0 Å². The Kier molecular flexibility index (Phi) is 7.60. The third kappa shape index (κ3) is 5.51. The topological polar surface area (TPSA) is 38.3 Å². The lowest BCUT2D eigenvalue weighted by molar-refractivity contribution is -0.120. The molecule has 1 fully saturated rings. The van der Waals surface area contributed by atoms with Gasteiger partial charge in [0.15, 0.2) is 0 Å². The molecule has 134 valence electrons. The Balaban J connectivity index is 2.09. The fraction of sp³-hybridized carbons (Fsp3) is 0.650. The summed E-state index contributed by atoms with van der Waals surface area (Å²) >= 11 is 3.74. The molecule has 0 spiro atoms. The number of anilines is 1. The molecule has 1 aromatic carbocycles. The first-order chi connectivity index (χ1) is 11.5. The van der Waals surface area contributed by atoms with E-state index < -0.39 is 0 Å². The first kappa shape index (κ1) is 19.3. The fourth-order valence-corrected chi connectivity index (χ4v) is 3.51. The van der Waals surface area contributed by atoms with Crippen LogP contribution in [0.25, 0.3) is 0 Å². The molecule has 2 rings (SSSR count). The van der Waals surface area contributed by atoms with Crippen LogP contribution in [-0.2, 0) is 11.2 Å². The van der Waals surface area contributed by atoms with E-state index in [9.17, 15) is 4.79 Å². The summed E-state index contributed by atoms with van der Waals surface area (Å²) in [5.74, 6) is 1.65. The van der Waals surface area contributed by atoms with Gasteiger partial charge < -0.3 is 10.1 Å². The molecule has 0 aliphatic heterocycles. The highest BCUT2D eigenvalue weighted by Gasteiger charge is 2.22. The summed E-state index contributed by atoms with van der Waals surface area (Å²) in [6.45, 7) is 6.99. The lowest BCUT2D eigenvalue weighted by Crippen LogP contribution is -2.25. The second-order valence-electron chi connectivity index (χ2n) is 7.05. The average Bonchev–Trinajstić information content (AvgIpc) is 2.58. The number of hydrogen-bond donors (Lipinski definition) is 1. The van der Waals surface area contributed by atoms with Gasteiger partial charge in [-0.3, -0.25) is 4.79 Å². The highest BCUT2D eigenvalue weighted by Crippen LogP contribution is 2.30. The second-order valence-corrected chi connectivity index (χ2v) is 8.23. The van der Waals surface area contributed by atoms with E-state index in [1.165, 1.54) is 12.0 Å². The van der Waals surface area contributed by atoms with Crippen molar-refractivity contribution in [2.45, 2.75) is 64.1 Å². The third-order valence-electron chi connectivity index (χ3n) is 4.73. The van der Waals surface area contributed by atoms with Gasteiger partial charge in [0.2, 0.25) is 5.91 Å². The third-order valence-corrected chi connectivity index (χ3v) is 6.11. The number of carbonyl (C=O) groups excluding carboxylic acids is 1. The summed E-state index contributed by atoms with van der Waals surface area (Å²) in [4.78, 5) is 12.9. The van der Waals surface area contributed by atoms with E-state index in [-0.39, 0.29) is 11.8 Å². The maximum atomic E-state index is 12.5. The van der Waals surface area contributed by atoms with Gasteiger partial charge in [0.1, 0.15) is 5.75 Å². The summed E-state index contributed by atoms with van der Waals surface area (Å²) in [6.07, 6.45) is 6.55. The van der Waals surface area contributed by atoms with Crippen LogP contribution in [0.1, 0.15) is 58.4 Å². The molecule has 1 saturated carbocycles. The van der Waals surface area contributed by atoms with E-state index in [2.05, 4.69) is 47.2 Å². The molecule has 1 unspecified atom stereocenters. The fourth-order valence-electron chi connectivity index (χ4n) is 3.13. The Hall–Kier alpha value is -1.03. The molecule has 0 heterocycles. The van der Waals surface area contributed by atoms with Crippen molar-refractivity contribution in [2.24, 2.45) is 11.8 Å². The van der Waals surface area contributed by atoms with Crippen LogP contribution in [0.3, 0.4) is 0 Å². The average molecular weight is 396 g/mol. The van der Waals surface area contributed by atoms with E-state index >= 15 is 0 Å². The molecule has 0 radical (unpaired) electrons. The molecule has 4 heteroatoms. The highest BCUT2D eigenvalue weighted by molar-refractivity contribution is 9.09. The Morgan fingerprint density at radius 2 is 2.00 bits per heavy atom. The molecular weight excluding hydrogens is 366 g/mol. The zero-order chi connectivity index (χ0) is 17.5. The van der Waals surface area contributed by atoms with Crippen molar-refractivity contribution in [1.82, 2.24) is 0 Å². The van der Waals surface area contributed by atoms with Gasteiger partial charge in [-0.05, 0) is 49.8 Å². The summed E-state index contributed by atoms with van der Waals surface area (Å²) in [6, 6.07) is 6.15. The van der Waals surface area contributed by atoms with E-state index in [0.29, 0.717) is 17.4 Å². The van der Waals surface area contributed by atoms with Crippen molar-refractivity contribution in [3.8, 4) is 5.75 Å². The van der Waals surface area contributed by atoms with Crippen LogP contribution in [-0.4, -0.2) is 17.3 Å². The predicted octanol–water partition coefficient (Wildman–Crippen LogP) is 5.57. The molecule has 1 aliphatic carbocycles. The van der Waals surface area contributed by atoms with Gasteiger partial charge in [-0.25, -0.2) is 0 Å². The normalized spacial score (nSPS) is 16.9. The zero-order valence-electron chi connectivity index (χ0n) is 15.1. The molecule has 1 aromatic rings. The summed E-state index contributed by atoms with van der Waals surface area (Å²) in [5.41, 5.74) is 2.02. The van der Waals surface area contributed by atoms with Gasteiger partial charge >= 0.3 is 0 Å². The number of amides is 1. The predicted molar refractivity (Wildman–Crippen MR) is 104 cm³/mol. The molecule has 0 bridgehead atoms. The van der Waals surface area contributed by atoms with Gasteiger partial charge in [-0.1, -0.05) is 55.1 Å². The molecule has 0 saturated heterocycles. The van der Waals surface area contributed by atoms with Crippen LogP contribution in [0.5, 0.6) is 5.75 Å². The van der Waals surface area contributed by atoms with Gasteiger partial charge in [0.25, 0.3) is 0 Å². The molecule has 1 aliphatic rings. The van der Waals surface area contributed by atoms with Crippen LogP contribution in [0.4, 0.5) is 5.69 Å². The quantitative estimate of drug-likeness (QED) is 0.613. The largest absolute Gasteiger partial charge is 0.492 e. The SMILES string of the molecule is CCOc1cc(CC(Br)C(C)C)ccc1NC(=O)C1CCCCC1. The van der Waals surface area contributed by atoms with E-state index in [1.807, 2.05) is 13.0 Å². The lowest BCUT2D eigenvalue weighted by atomic mass is 9.88. The molecule has 24 heavy (non-hydrogen) atoms. The van der Waals surface area contributed by atoms with E-state index in [1.54, 1.807) is 0 Å². The van der Waals surface area contributed by atoms with E-state index in [0.717, 1.165) is 43.5 Å². The van der Waals surface area contributed by atoms with E-state index in [4.69, 9.17) is 4.74 Å². The second kappa shape index (κ2) is 9.45. The van der Waals surface area contributed by atoms with Gasteiger partial charge in [-0.2, -0.15) is 0 Å².